The Labute approximate surface area is 110 Å². The number of hydrogen-bond donors (Lipinski definition) is 2. The summed E-state index contributed by atoms with van der Waals surface area (Å²) in [5.74, 6) is 1.34. The van der Waals surface area contributed by atoms with E-state index >= 15 is 0 Å². The highest BCUT2D eigenvalue weighted by atomic mass is 16.4. The second kappa shape index (κ2) is 6.05. The molecule has 3 heteroatoms. The third-order valence-corrected chi connectivity index (χ3v) is 4.73. The largest absolute Gasteiger partial charge is 0.480 e. The molecule has 104 valence electrons. The zero-order valence-electron chi connectivity index (χ0n) is 11.7. The number of carboxylic acid groups (broad SMARTS) is 1. The number of nitrogens with one attached hydrogen (secondary N) is 1. The highest BCUT2D eigenvalue weighted by Gasteiger charge is 2.37. The molecule has 18 heavy (non-hydrogen) atoms. The van der Waals surface area contributed by atoms with Crippen molar-refractivity contribution in [3.63, 3.8) is 0 Å². The second-order valence-corrected chi connectivity index (χ2v) is 6.53. The molecule has 3 nitrogen and oxygen atoms in total. The predicted octanol–water partition coefficient (Wildman–Crippen LogP) is 3.04. The van der Waals surface area contributed by atoms with Crippen LogP contribution < -0.4 is 5.32 Å². The fourth-order valence-corrected chi connectivity index (χ4v) is 3.26. The van der Waals surface area contributed by atoms with Gasteiger partial charge in [-0.1, -0.05) is 26.7 Å². The summed E-state index contributed by atoms with van der Waals surface area (Å²) >= 11 is 0. The molecular weight excluding hydrogens is 226 g/mol. The zero-order valence-corrected chi connectivity index (χ0v) is 11.7. The van der Waals surface area contributed by atoms with Crippen LogP contribution in [0, 0.1) is 17.8 Å². The molecule has 0 amide bonds. The third kappa shape index (κ3) is 3.71. The van der Waals surface area contributed by atoms with Crippen LogP contribution in [0.3, 0.4) is 0 Å². The van der Waals surface area contributed by atoms with Crippen LogP contribution in [0.2, 0.25) is 0 Å². The quantitative estimate of drug-likeness (QED) is 0.740. The molecule has 2 rings (SSSR count). The van der Waals surface area contributed by atoms with E-state index in [-0.39, 0.29) is 6.04 Å². The van der Waals surface area contributed by atoms with Gasteiger partial charge in [-0.15, -0.1) is 0 Å². The van der Waals surface area contributed by atoms with Crippen molar-refractivity contribution in [1.82, 2.24) is 5.32 Å². The first kappa shape index (κ1) is 13.9. The first-order valence-electron chi connectivity index (χ1n) is 7.56. The summed E-state index contributed by atoms with van der Waals surface area (Å²) in [5, 5.41) is 12.7. The van der Waals surface area contributed by atoms with Crippen molar-refractivity contribution in [3.05, 3.63) is 0 Å². The summed E-state index contributed by atoms with van der Waals surface area (Å²) < 4.78 is 0. The molecule has 0 heterocycles. The Balaban J connectivity index is 1.84. The molecule has 0 spiro atoms. The number of carboxylic acids is 1. The van der Waals surface area contributed by atoms with Crippen molar-refractivity contribution < 1.29 is 9.90 Å². The minimum Gasteiger partial charge on any atom is -0.480 e. The molecule has 0 aromatic heterocycles. The molecule has 0 aliphatic heterocycles. The van der Waals surface area contributed by atoms with Crippen molar-refractivity contribution in [3.8, 4) is 0 Å². The lowest BCUT2D eigenvalue weighted by atomic mass is 9.89. The van der Waals surface area contributed by atoms with Gasteiger partial charge in [0.2, 0.25) is 0 Å². The summed E-state index contributed by atoms with van der Waals surface area (Å²) in [6.45, 7) is 4.62. The number of aliphatic carboxylic acids is 1. The fourth-order valence-electron chi connectivity index (χ4n) is 3.26. The Kier molecular flexibility index (Phi) is 4.66. The Morgan fingerprint density at radius 2 is 1.72 bits per heavy atom. The monoisotopic (exact) mass is 253 g/mol. The van der Waals surface area contributed by atoms with Gasteiger partial charge in [0, 0.05) is 6.04 Å². The topological polar surface area (TPSA) is 49.3 Å². The second-order valence-electron chi connectivity index (χ2n) is 6.53. The summed E-state index contributed by atoms with van der Waals surface area (Å²) in [4.78, 5) is 11.3. The van der Waals surface area contributed by atoms with Gasteiger partial charge in [-0.25, -0.2) is 0 Å². The molecule has 2 aliphatic carbocycles. The average Bonchev–Trinajstić information content (AvgIpc) is 3.12. The lowest BCUT2D eigenvalue weighted by molar-refractivity contribution is -0.140. The van der Waals surface area contributed by atoms with Gasteiger partial charge in [-0.05, 0) is 49.9 Å². The van der Waals surface area contributed by atoms with Crippen LogP contribution in [0.25, 0.3) is 0 Å². The molecule has 0 saturated heterocycles. The van der Waals surface area contributed by atoms with Gasteiger partial charge in [-0.3, -0.25) is 4.79 Å². The standard InChI is InChI=1S/C15H27NO2/c1-10(2)11-4-3-5-13(9-8-11)16-14(15(17)18)12-6-7-12/h10-14,16H,3-9H2,1-2H3,(H,17,18). The van der Waals surface area contributed by atoms with Crippen LogP contribution in [0.5, 0.6) is 0 Å². The Morgan fingerprint density at radius 1 is 1.06 bits per heavy atom. The van der Waals surface area contributed by atoms with Gasteiger partial charge in [0.25, 0.3) is 0 Å². The molecule has 3 atom stereocenters. The molecule has 2 fully saturated rings. The van der Waals surface area contributed by atoms with E-state index < -0.39 is 5.97 Å². The van der Waals surface area contributed by atoms with Gasteiger partial charge in [0.05, 0.1) is 0 Å². The minimum absolute atomic E-state index is 0.286. The van der Waals surface area contributed by atoms with Gasteiger partial charge in [0.1, 0.15) is 6.04 Å². The van der Waals surface area contributed by atoms with Crippen LogP contribution in [-0.2, 0) is 4.79 Å². The van der Waals surface area contributed by atoms with E-state index in [0.29, 0.717) is 12.0 Å². The van der Waals surface area contributed by atoms with Crippen LogP contribution in [0.1, 0.15) is 58.8 Å². The zero-order chi connectivity index (χ0) is 13.1. The van der Waals surface area contributed by atoms with Crippen molar-refractivity contribution in [2.24, 2.45) is 17.8 Å². The highest BCUT2D eigenvalue weighted by Crippen LogP contribution is 2.34. The van der Waals surface area contributed by atoms with E-state index in [4.69, 9.17) is 0 Å². The van der Waals surface area contributed by atoms with E-state index in [2.05, 4.69) is 19.2 Å². The van der Waals surface area contributed by atoms with E-state index in [1.54, 1.807) is 0 Å². The van der Waals surface area contributed by atoms with Crippen molar-refractivity contribution in [1.29, 1.82) is 0 Å². The summed E-state index contributed by atoms with van der Waals surface area (Å²) in [5.41, 5.74) is 0. The smallest absolute Gasteiger partial charge is 0.320 e. The maximum absolute atomic E-state index is 11.3. The lowest BCUT2D eigenvalue weighted by Gasteiger charge is -2.22. The van der Waals surface area contributed by atoms with Gasteiger partial charge in [-0.2, -0.15) is 0 Å². The van der Waals surface area contributed by atoms with Gasteiger partial charge < -0.3 is 10.4 Å². The Bertz CT molecular complexity index is 286. The van der Waals surface area contributed by atoms with Crippen LogP contribution in [-0.4, -0.2) is 23.2 Å². The van der Waals surface area contributed by atoms with E-state index in [1.807, 2.05) is 0 Å². The number of hydrogen-bond acceptors (Lipinski definition) is 2. The summed E-state index contributed by atoms with van der Waals surface area (Å²) in [6, 6.07) is 0.140. The van der Waals surface area contributed by atoms with Crippen LogP contribution >= 0.6 is 0 Å². The molecule has 2 N–H and O–H groups in total. The number of carbonyl (C=O) groups is 1. The van der Waals surface area contributed by atoms with E-state index in [0.717, 1.165) is 37.5 Å². The van der Waals surface area contributed by atoms with Crippen LogP contribution in [0.15, 0.2) is 0 Å². The summed E-state index contributed by atoms with van der Waals surface area (Å²) in [7, 11) is 0. The minimum atomic E-state index is -0.651. The molecule has 0 radical (unpaired) electrons. The molecule has 3 unspecified atom stereocenters. The maximum atomic E-state index is 11.3. The molecular formula is C15H27NO2. The maximum Gasteiger partial charge on any atom is 0.320 e. The van der Waals surface area contributed by atoms with Crippen molar-refractivity contribution >= 4 is 5.97 Å². The van der Waals surface area contributed by atoms with Gasteiger partial charge >= 0.3 is 5.97 Å². The third-order valence-electron chi connectivity index (χ3n) is 4.73. The van der Waals surface area contributed by atoms with Crippen molar-refractivity contribution in [2.45, 2.75) is 70.9 Å². The Morgan fingerprint density at radius 3 is 2.28 bits per heavy atom. The highest BCUT2D eigenvalue weighted by molar-refractivity contribution is 5.74. The number of rotatable bonds is 5. The lowest BCUT2D eigenvalue weighted by Crippen LogP contribution is -2.44. The first-order valence-corrected chi connectivity index (χ1v) is 7.56. The predicted molar refractivity (Wildman–Crippen MR) is 72.5 cm³/mol. The Hall–Kier alpha value is -0.570. The average molecular weight is 253 g/mol. The van der Waals surface area contributed by atoms with Gasteiger partial charge in [0.15, 0.2) is 0 Å². The van der Waals surface area contributed by atoms with E-state index in [9.17, 15) is 9.90 Å². The normalized spacial score (nSPS) is 31.1. The van der Waals surface area contributed by atoms with Crippen LogP contribution in [0.4, 0.5) is 0 Å². The first-order chi connectivity index (χ1) is 8.58. The SMILES string of the molecule is CC(C)C1CCCC(NC(C(=O)O)C2CC2)CC1. The van der Waals surface area contributed by atoms with Crippen molar-refractivity contribution in [2.75, 3.05) is 0 Å². The molecule has 0 bridgehead atoms. The summed E-state index contributed by atoms with van der Waals surface area (Å²) in [6.07, 6.45) is 8.30. The molecule has 0 aromatic rings. The molecule has 0 aromatic carbocycles. The molecule has 2 saturated carbocycles. The fraction of sp³-hybridized carbons (Fsp3) is 0.933. The van der Waals surface area contributed by atoms with E-state index in [1.165, 1.54) is 19.3 Å². The molecule has 2 aliphatic rings.